The van der Waals surface area contributed by atoms with Crippen LogP contribution >= 0.6 is 35.6 Å². The SMILES string of the molecule is CCN1CCN(C(C)CNC(=NC)NCC(C)Oc2ccc(Cl)cc2)CC1.I. The lowest BCUT2D eigenvalue weighted by molar-refractivity contribution is 0.107. The first-order chi connectivity index (χ1) is 13.0. The number of nitrogens with zero attached hydrogens (tertiary/aromatic N) is 3. The minimum atomic E-state index is 0. The zero-order valence-corrected chi connectivity index (χ0v) is 20.5. The molecule has 2 N–H and O–H groups in total. The van der Waals surface area contributed by atoms with Gasteiger partial charge in [0.2, 0.25) is 0 Å². The van der Waals surface area contributed by atoms with Crippen molar-refractivity contribution in [2.45, 2.75) is 32.9 Å². The van der Waals surface area contributed by atoms with Gasteiger partial charge in [0, 0.05) is 50.8 Å². The highest BCUT2D eigenvalue weighted by Gasteiger charge is 2.20. The number of benzene rings is 1. The van der Waals surface area contributed by atoms with Crippen LogP contribution < -0.4 is 15.4 Å². The van der Waals surface area contributed by atoms with Gasteiger partial charge in [0.1, 0.15) is 11.9 Å². The molecular weight excluding hydrogens is 489 g/mol. The van der Waals surface area contributed by atoms with Crippen molar-refractivity contribution in [2.24, 2.45) is 4.99 Å². The Kier molecular flexibility index (Phi) is 12.1. The van der Waals surface area contributed by atoms with E-state index < -0.39 is 0 Å². The number of rotatable bonds is 8. The summed E-state index contributed by atoms with van der Waals surface area (Å²) in [5.74, 6) is 1.62. The molecule has 0 amide bonds. The molecule has 1 fully saturated rings. The Morgan fingerprint density at radius 2 is 1.71 bits per heavy atom. The van der Waals surface area contributed by atoms with Crippen molar-refractivity contribution in [3.8, 4) is 5.75 Å². The van der Waals surface area contributed by atoms with Crippen LogP contribution in [0.25, 0.3) is 0 Å². The number of aliphatic imine (C=N–C) groups is 1. The first-order valence-corrected chi connectivity index (χ1v) is 10.2. The van der Waals surface area contributed by atoms with E-state index in [9.17, 15) is 0 Å². The normalized spacial score (nSPS) is 18.1. The second kappa shape index (κ2) is 13.5. The lowest BCUT2D eigenvalue weighted by Gasteiger charge is -2.37. The van der Waals surface area contributed by atoms with E-state index in [4.69, 9.17) is 16.3 Å². The van der Waals surface area contributed by atoms with Crippen molar-refractivity contribution in [1.82, 2.24) is 20.4 Å². The Balaban J connectivity index is 0.00000392. The zero-order chi connectivity index (χ0) is 19.6. The third-order valence-corrected chi connectivity index (χ3v) is 5.23. The summed E-state index contributed by atoms with van der Waals surface area (Å²) in [6.07, 6.45) is 0.0178. The monoisotopic (exact) mass is 523 g/mol. The van der Waals surface area contributed by atoms with Gasteiger partial charge in [-0.25, -0.2) is 0 Å². The molecule has 1 heterocycles. The molecule has 1 aliphatic heterocycles. The molecule has 8 heteroatoms. The molecule has 0 aromatic heterocycles. The van der Waals surface area contributed by atoms with Gasteiger partial charge in [0.25, 0.3) is 0 Å². The number of hydrogen-bond donors (Lipinski definition) is 2. The fourth-order valence-corrected chi connectivity index (χ4v) is 3.27. The Bertz CT molecular complexity index is 578. The molecule has 28 heavy (non-hydrogen) atoms. The van der Waals surface area contributed by atoms with E-state index in [1.165, 1.54) is 0 Å². The van der Waals surface area contributed by atoms with Crippen LogP contribution in [0.4, 0.5) is 0 Å². The van der Waals surface area contributed by atoms with Gasteiger partial charge in [0.15, 0.2) is 5.96 Å². The summed E-state index contributed by atoms with van der Waals surface area (Å²) in [7, 11) is 1.80. The lowest BCUT2D eigenvalue weighted by Crippen LogP contribution is -2.53. The lowest BCUT2D eigenvalue weighted by atomic mass is 10.2. The molecule has 2 atom stereocenters. The quantitative estimate of drug-likeness (QED) is 0.312. The maximum absolute atomic E-state index is 5.90. The van der Waals surface area contributed by atoms with Crippen LogP contribution in [0.15, 0.2) is 29.3 Å². The maximum Gasteiger partial charge on any atom is 0.191 e. The number of piperazine rings is 1. The molecule has 1 saturated heterocycles. The van der Waals surface area contributed by atoms with Gasteiger partial charge in [0.05, 0.1) is 6.54 Å². The number of hydrogen-bond acceptors (Lipinski definition) is 4. The summed E-state index contributed by atoms with van der Waals surface area (Å²) in [6, 6.07) is 7.90. The standard InChI is InChI=1S/C20H34ClN5O.HI/c1-5-25-10-12-26(13-11-25)16(2)14-23-20(22-4)24-15-17(3)27-19-8-6-18(21)7-9-19;/h6-9,16-17H,5,10-15H2,1-4H3,(H2,22,23,24);1H. The smallest absolute Gasteiger partial charge is 0.191 e. The Morgan fingerprint density at radius 3 is 2.29 bits per heavy atom. The van der Waals surface area contributed by atoms with Crippen LogP contribution in [-0.2, 0) is 0 Å². The average Bonchev–Trinajstić information content (AvgIpc) is 2.69. The van der Waals surface area contributed by atoms with Crippen LogP contribution in [0.5, 0.6) is 5.75 Å². The molecule has 0 bridgehead atoms. The highest BCUT2D eigenvalue weighted by Crippen LogP contribution is 2.16. The van der Waals surface area contributed by atoms with Gasteiger partial charge in [-0.1, -0.05) is 18.5 Å². The molecule has 2 rings (SSSR count). The van der Waals surface area contributed by atoms with Gasteiger partial charge in [-0.05, 0) is 44.7 Å². The van der Waals surface area contributed by atoms with Gasteiger partial charge >= 0.3 is 0 Å². The van der Waals surface area contributed by atoms with E-state index in [1.54, 1.807) is 7.05 Å². The summed E-state index contributed by atoms with van der Waals surface area (Å²) in [6.45, 7) is 13.8. The molecule has 6 nitrogen and oxygen atoms in total. The molecule has 0 radical (unpaired) electrons. The fourth-order valence-electron chi connectivity index (χ4n) is 3.14. The zero-order valence-electron chi connectivity index (χ0n) is 17.4. The minimum Gasteiger partial charge on any atom is -0.489 e. The second-order valence-corrected chi connectivity index (χ2v) is 7.47. The van der Waals surface area contributed by atoms with Gasteiger partial charge in [-0.3, -0.25) is 9.89 Å². The molecule has 1 aromatic carbocycles. The number of ether oxygens (including phenoxy) is 1. The fraction of sp³-hybridized carbons (Fsp3) is 0.650. The molecular formula is C20H35ClIN5O. The van der Waals surface area contributed by atoms with Crippen molar-refractivity contribution in [3.05, 3.63) is 29.3 Å². The molecule has 160 valence electrons. The molecule has 0 aliphatic carbocycles. The average molecular weight is 524 g/mol. The number of likely N-dealkylation sites (N-methyl/N-ethyl adjacent to an activating group) is 1. The predicted octanol–water partition coefficient (Wildman–Crippen LogP) is 2.92. The van der Waals surface area contributed by atoms with Crippen molar-refractivity contribution in [2.75, 3.05) is 52.9 Å². The highest BCUT2D eigenvalue weighted by atomic mass is 127. The second-order valence-electron chi connectivity index (χ2n) is 7.04. The summed E-state index contributed by atoms with van der Waals surface area (Å²) < 4.78 is 5.89. The number of nitrogens with one attached hydrogen (secondary N) is 2. The minimum absolute atomic E-state index is 0. The Morgan fingerprint density at radius 1 is 1.11 bits per heavy atom. The van der Waals surface area contributed by atoms with E-state index in [-0.39, 0.29) is 30.1 Å². The van der Waals surface area contributed by atoms with Crippen LogP contribution in [0.1, 0.15) is 20.8 Å². The van der Waals surface area contributed by atoms with Gasteiger partial charge in [-0.2, -0.15) is 0 Å². The van der Waals surface area contributed by atoms with E-state index in [0.717, 1.165) is 51.0 Å². The van der Waals surface area contributed by atoms with Gasteiger partial charge < -0.3 is 20.3 Å². The first-order valence-electron chi connectivity index (χ1n) is 9.85. The van der Waals surface area contributed by atoms with Crippen molar-refractivity contribution < 1.29 is 4.74 Å². The van der Waals surface area contributed by atoms with E-state index in [0.29, 0.717) is 17.6 Å². The van der Waals surface area contributed by atoms with Crippen LogP contribution in [-0.4, -0.2) is 80.8 Å². The molecule has 0 spiro atoms. The summed E-state index contributed by atoms with van der Waals surface area (Å²) in [4.78, 5) is 9.36. The first kappa shape index (κ1) is 25.3. The Labute approximate surface area is 192 Å². The topological polar surface area (TPSA) is 52.1 Å². The van der Waals surface area contributed by atoms with Crippen molar-refractivity contribution in [1.29, 1.82) is 0 Å². The summed E-state index contributed by atoms with van der Waals surface area (Å²) in [5, 5.41) is 7.48. The number of guanidine groups is 1. The number of halogens is 2. The maximum atomic E-state index is 5.90. The predicted molar refractivity (Wildman–Crippen MR) is 129 cm³/mol. The van der Waals surface area contributed by atoms with E-state index in [2.05, 4.69) is 39.3 Å². The van der Waals surface area contributed by atoms with E-state index >= 15 is 0 Å². The third kappa shape index (κ3) is 8.71. The molecule has 0 saturated carbocycles. The summed E-state index contributed by atoms with van der Waals surface area (Å²) in [5.41, 5.74) is 0. The molecule has 1 aromatic rings. The molecule has 1 aliphatic rings. The van der Waals surface area contributed by atoms with Crippen molar-refractivity contribution >= 4 is 41.5 Å². The van der Waals surface area contributed by atoms with Crippen molar-refractivity contribution in [3.63, 3.8) is 0 Å². The van der Waals surface area contributed by atoms with Crippen LogP contribution in [0.3, 0.4) is 0 Å². The highest BCUT2D eigenvalue weighted by molar-refractivity contribution is 14.0. The molecule has 2 unspecified atom stereocenters. The van der Waals surface area contributed by atoms with Gasteiger partial charge in [-0.15, -0.1) is 24.0 Å². The van der Waals surface area contributed by atoms with E-state index in [1.807, 2.05) is 31.2 Å². The van der Waals surface area contributed by atoms with Crippen LogP contribution in [0, 0.1) is 0 Å². The van der Waals surface area contributed by atoms with Crippen LogP contribution in [0.2, 0.25) is 5.02 Å². The largest absolute Gasteiger partial charge is 0.489 e. The Hall–Kier alpha value is -0.770. The third-order valence-electron chi connectivity index (χ3n) is 4.97. The summed E-state index contributed by atoms with van der Waals surface area (Å²) >= 11 is 5.90.